The van der Waals surface area contributed by atoms with Crippen molar-refractivity contribution in [1.29, 1.82) is 0 Å². The molecule has 3 nitrogen and oxygen atoms in total. The number of anilines is 1. The maximum atomic E-state index is 6.14. The number of nitrogens with one attached hydrogen (secondary N) is 1. The third-order valence-electron chi connectivity index (χ3n) is 3.91. The molecule has 1 aromatic carbocycles. The van der Waals surface area contributed by atoms with Crippen molar-refractivity contribution < 1.29 is 4.74 Å². The van der Waals surface area contributed by atoms with Gasteiger partial charge in [-0.3, -0.25) is 0 Å². The molecule has 110 valence electrons. The SMILES string of the molecule is CCNc1cccc(COC2CCCc3ccccc32)n1. The van der Waals surface area contributed by atoms with Gasteiger partial charge in [0.05, 0.1) is 18.4 Å². The Balaban J connectivity index is 1.67. The van der Waals surface area contributed by atoms with Crippen LogP contribution in [0.4, 0.5) is 5.82 Å². The van der Waals surface area contributed by atoms with Crippen molar-refractivity contribution >= 4 is 5.82 Å². The van der Waals surface area contributed by atoms with Gasteiger partial charge in [-0.1, -0.05) is 30.3 Å². The molecule has 0 fully saturated rings. The first-order valence-corrected chi connectivity index (χ1v) is 7.76. The van der Waals surface area contributed by atoms with Crippen LogP contribution in [0.1, 0.15) is 42.7 Å². The van der Waals surface area contributed by atoms with Crippen molar-refractivity contribution in [3.8, 4) is 0 Å². The van der Waals surface area contributed by atoms with Gasteiger partial charge in [0.25, 0.3) is 0 Å². The third-order valence-corrected chi connectivity index (χ3v) is 3.91. The Morgan fingerprint density at radius 2 is 2.10 bits per heavy atom. The van der Waals surface area contributed by atoms with E-state index in [2.05, 4.69) is 41.5 Å². The minimum Gasteiger partial charge on any atom is -0.370 e. The summed E-state index contributed by atoms with van der Waals surface area (Å²) in [5.74, 6) is 0.919. The maximum absolute atomic E-state index is 6.14. The van der Waals surface area contributed by atoms with Crippen LogP contribution in [0.5, 0.6) is 0 Å². The van der Waals surface area contributed by atoms with E-state index in [-0.39, 0.29) is 6.10 Å². The van der Waals surface area contributed by atoms with E-state index in [1.165, 1.54) is 24.0 Å². The normalized spacial score (nSPS) is 17.3. The Morgan fingerprint density at radius 1 is 1.19 bits per heavy atom. The molecule has 0 saturated heterocycles. The molecule has 1 unspecified atom stereocenters. The Hall–Kier alpha value is -1.87. The van der Waals surface area contributed by atoms with E-state index in [0.717, 1.165) is 24.5 Å². The van der Waals surface area contributed by atoms with Crippen molar-refractivity contribution in [2.45, 2.75) is 38.9 Å². The first-order valence-electron chi connectivity index (χ1n) is 7.76. The fourth-order valence-electron chi connectivity index (χ4n) is 2.91. The van der Waals surface area contributed by atoms with Crippen molar-refractivity contribution in [3.63, 3.8) is 0 Å². The third kappa shape index (κ3) is 3.42. The molecule has 0 amide bonds. The van der Waals surface area contributed by atoms with E-state index in [1.54, 1.807) is 0 Å². The number of pyridine rings is 1. The standard InChI is InChI=1S/C18H22N2O/c1-2-19-18-12-6-9-15(20-18)13-21-17-11-5-8-14-7-3-4-10-16(14)17/h3-4,6-7,9-10,12,17H,2,5,8,11,13H2,1H3,(H,19,20). The van der Waals surface area contributed by atoms with Crippen molar-refractivity contribution in [2.24, 2.45) is 0 Å². The first-order chi connectivity index (χ1) is 10.4. The summed E-state index contributed by atoms with van der Waals surface area (Å²) in [6.45, 7) is 3.52. The second-order valence-corrected chi connectivity index (χ2v) is 5.44. The fraction of sp³-hybridized carbons (Fsp3) is 0.389. The first kappa shape index (κ1) is 14.1. The molecule has 21 heavy (non-hydrogen) atoms. The number of hydrogen-bond donors (Lipinski definition) is 1. The monoisotopic (exact) mass is 282 g/mol. The van der Waals surface area contributed by atoms with Gasteiger partial charge in [-0.15, -0.1) is 0 Å². The van der Waals surface area contributed by atoms with Gasteiger partial charge in [-0.25, -0.2) is 4.98 Å². The molecular weight excluding hydrogens is 260 g/mol. The molecule has 3 heteroatoms. The second kappa shape index (κ2) is 6.72. The number of ether oxygens (including phenoxy) is 1. The molecule has 1 N–H and O–H groups in total. The second-order valence-electron chi connectivity index (χ2n) is 5.44. The van der Waals surface area contributed by atoms with Crippen molar-refractivity contribution in [1.82, 2.24) is 4.98 Å². The summed E-state index contributed by atoms with van der Waals surface area (Å²) in [5, 5.41) is 3.23. The molecule has 0 bridgehead atoms. The molecule has 3 rings (SSSR count). The van der Waals surface area contributed by atoms with Crippen molar-refractivity contribution in [3.05, 3.63) is 59.3 Å². The Labute approximate surface area is 126 Å². The minimum absolute atomic E-state index is 0.208. The van der Waals surface area contributed by atoms with Gasteiger partial charge >= 0.3 is 0 Å². The molecule has 1 aliphatic rings. The van der Waals surface area contributed by atoms with Crippen LogP contribution in [-0.4, -0.2) is 11.5 Å². The van der Waals surface area contributed by atoms with Crippen LogP contribution >= 0.6 is 0 Å². The number of aryl methyl sites for hydroxylation is 1. The van der Waals surface area contributed by atoms with Crippen LogP contribution in [0.15, 0.2) is 42.5 Å². The van der Waals surface area contributed by atoms with E-state index in [9.17, 15) is 0 Å². The molecule has 1 atom stereocenters. The van der Waals surface area contributed by atoms with Gasteiger partial charge < -0.3 is 10.1 Å². The largest absolute Gasteiger partial charge is 0.370 e. The lowest BCUT2D eigenvalue weighted by Crippen LogP contribution is -2.13. The van der Waals surface area contributed by atoms with Crippen molar-refractivity contribution in [2.75, 3.05) is 11.9 Å². The zero-order valence-electron chi connectivity index (χ0n) is 12.5. The van der Waals surface area contributed by atoms with Crippen LogP contribution < -0.4 is 5.32 Å². The summed E-state index contributed by atoms with van der Waals surface area (Å²) in [4.78, 5) is 4.57. The van der Waals surface area contributed by atoms with Gasteiger partial charge in [-0.05, 0) is 49.4 Å². The van der Waals surface area contributed by atoms with Gasteiger partial charge in [0.1, 0.15) is 5.82 Å². The zero-order valence-corrected chi connectivity index (χ0v) is 12.5. The summed E-state index contributed by atoms with van der Waals surface area (Å²) < 4.78 is 6.14. The summed E-state index contributed by atoms with van der Waals surface area (Å²) in [6, 6.07) is 14.7. The number of rotatable bonds is 5. The van der Waals surface area contributed by atoms with E-state index >= 15 is 0 Å². The summed E-state index contributed by atoms with van der Waals surface area (Å²) >= 11 is 0. The van der Waals surface area contributed by atoms with Crippen LogP contribution in [0, 0.1) is 0 Å². The van der Waals surface area contributed by atoms with Crippen LogP contribution in [0.3, 0.4) is 0 Å². The Morgan fingerprint density at radius 3 is 3.00 bits per heavy atom. The minimum atomic E-state index is 0.208. The smallest absolute Gasteiger partial charge is 0.126 e. The van der Waals surface area contributed by atoms with Crippen LogP contribution in [0.2, 0.25) is 0 Å². The highest BCUT2D eigenvalue weighted by molar-refractivity contribution is 5.35. The maximum Gasteiger partial charge on any atom is 0.126 e. The summed E-state index contributed by atoms with van der Waals surface area (Å²) in [5.41, 5.74) is 3.77. The number of aromatic nitrogens is 1. The average molecular weight is 282 g/mol. The molecular formula is C18H22N2O. The van der Waals surface area contributed by atoms with Gasteiger partial charge in [0.2, 0.25) is 0 Å². The molecule has 0 saturated carbocycles. The van der Waals surface area contributed by atoms with Gasteiger partial charge in [-0.2, -0.15) is 0 Å². The number of benzene rings is 1. The topological polar surface area (TPSA) is 34.1 Å². The number of nitrogens with zero attached hydrogens (tertiary/aromatic N) is 1. The quantitative estimate of drug-likeness (QED) is 0.896. The molecule has 0 spiro atoms. The Bertz CT molecular complexity index is 597. The molecule has 0 aliphatic heterocycles. The van der Waals surface area contributed by atoms with E-state index in [4.69, 9.17) is 4.74 Å². The zero-order chi connectivity index (χ0) is 14.5. The highest BCUT2D eigenvalue weighted by atomic mass is 16.5. The summed E-state index contributed by atoms with van der Waals surface area (Å²) in [7, 11) is 0. The highest BCUT2D eigenvalue weighted by Gasteiger charge is 2.20. The highest BCUT2D eigenvalue weighted by Crippen LogP contribution is 2.32. The number of fused-ring (bicyclic) bond motifs is 1. The molecule has 2 aromatic rings. The lowest BCUT2D eigenvalue weighted by Gasteiger charge is -2.25. The average Bonchev–Trinajstić information content (AvgIpc) is 2.53. The van der Waals surface area contributed by atoms with E-state index < -0.39 is 0 Å². The fourth-order valence-corrected chi connectivity index (χ4v) is 2.91. The molecule has 1 heterocycles. The van der Waals surface area contributed by atoms with Gasteiger partial charge in [0, 0.05) is 6.54 Å². The Kier molecular flexibility index (Phi) is 4.51. The lowest BCUT2D eigenvalue weighted by molar-refractivity contribution is 0.0265. The lowest BCUT2D eigenvalue weighted by atomic mass is 9.89. The van der Waals surface area contributed by atoms with Gasteiger partial charge in [0.15, 0.2) is 0 Å². The van der Waals surface area contributed by atoms with Crippen LogP contribution in [-0.2, 0) is 17.8 Å². The van der Waals surface area contributed by atoms with Crippen LogP contribution in [0.25, 0.3) is 0 Å². The molecule has 1 aromatic heterocycles. The molecule has 1 aliphatic carbocycles. The summed E-state index contributed by atoms with van der Waals surface area (Å²) in [6.07, 6.45) is 3.68. The predicted octanol–water partition coefficient (Wildman–Crippen LogP) is 4.11. The predicted molar refractivity (Wildman–Crippen MR) is 85.3 cm³/mol. The van der Waals surface area contributed by atoms with E-state index in [1.807, 2.05) is 18.2 Å². The molecule has 0 radical (unpaired) electrons. The number of hydrogen-bond acceptors (Lipinski definition) is 3. The van der Waals surface area contributed by atoms with E-state index in [0.29, 0.717) is 6.61 Å².